The molecule has 0 bridgehead atoms. The number of aliphatic carboxylic acids is 1. The number of carboxylic acids is 1. The van der Waals surface area contributed by atoms with Gasteiger partial charge in [-0.05, 0) is 30.2 Å². The Morgan fingerprint density at radius 1 is 1.14 bits per heavy atom. The third-order valence-corrected chi connectivity index (χ3v) is 4.62. The van der Waals surface area contributed by atoms with Crippen molar-refractivity contribution >= 4 is 18.0 Å². The Morgan fingerprint density at radius 2 is 1.79 bits per heavy atom. The van der Waals surface area contributed by atoms with Gasteiger partial charge < -0.3 is 34.6 Å². The van der Waals surface area contributed by atoms with Crippen LogP contribution < -0.4 is 4.74 Å². The van der Waals surface area contributed by atoms with E-state index in [-0.39, 0.29) is 12.5 Å². The quantitative estimate of drug-likeness (QED) is 0.357. The SMILES string of the molecule is CC[C@H](C)C(=O)OC[C@H]1O[C@@H](Oc2ccc(/C=C/C(=O)O)cc2)[C@H](O)[C@@H](O)[C@@H]1O. The minimum Gasteiger partial charge on any atom is -0.478 e. The van der Waals surface area contributed by atoms with E-state index in [0.717, 1.165) is 6.08 Å². The van der Waals surface area contributed by atoms with Crippen molar-refractivity contribution in [1.82, 2.24) is 0 Å². The van der Waals surface area contributed by atoms with Crippen LogP contribution >= 0.6 is 0 Å². The van der Waals surface area contributed by atoms with Crippen molar-refractivity contribution < 1.29 is 44.2 Å². The molecule has 6 atom stereocenters. The fourth-order valence-electron chi connectivity index (χ4n) is 2.58. The lowest BCUT2D eigenvalue weighted by atomic mass is 9.99. The zero-order valence-electron chi connectivity index (χ0n) is 16.2. The van der Waals surface area contributed by atoms with Crippen molar-refractivity contribution in [2.75, 3.05) is 6.61 Å². The van der Waals surface area contributed by atoms with Crippen molar-refractivity contribution in [3.63, 3.8) is 0 Å². The van der Waals surface area contributed by atoms with E-state index in [2.05, 4.69) is 0 Å². The summed E-state index contributed by atoms with van der Waals surface area (Å²) < 4.78 is 16.2. The predicted molar refractivity (Wildman–Crippen MR) is 101 cm³/mol. The maximum absolute atomic E-state index is 11.8. The van der Waals surface area contributed by atoms with Gasteiger partial charge in [-0.2, -0.15) is 0 Å². The largest absolute Gasteiger partial charge is 0.478 e. The van der Waals surface area contributed by atoms with E-state index in [1.165, 1.54) is 18.2 Å². The van der Waals surface area contributed by atoms with Gasteiger partial charge >= 0.3 is 11.9 Å². The highest BCUT2D eigenvalue weighted by atomic mass is 16.7. The zero-order valence-corrected chi connectivity index (χ0v) is 16.2. The topological polar surface area (TPSA) is 143 Å². The number of hydrogen-bond acceptors (Lipinski definition) is 8. The molecule has 9 heteroatoms. The first-order valence-electron chi connectivity index (χ1n) is 9.27. The Hall–Kier alpha value is -2.46. The lowest BCUT2D eigenvalue weighted by Crippen LogP contribution is -2.60. The highest BCUT2D eigenvalue weighted by Crippen LogP contribution is 2.25. The summed E-state index contributed by atoms with van der Waals surface area (Å²) in [5, 5.41) is 39.0. The summed E-state index contributed by atoms with van der Waals surface area (Å²) >= 11 is 0. The maximum atomic E-state index is 11.8. The van der Waals surface area contributed by atoms with Crippen molar-refractivity contribution in [2.45, 2.75) is 51.0 Å². The molecule has 0 saturated carbocycles. The van der Waals surface area contributed by atoms with Gasteiger partial charge in [-0.25, -0.2) is 4.79 Å². The molecule has 2 rings (SSSR count). The van der Waals surface area contributed by atoms with Gasteiger partial charge in [-0.3, -0.25) is 4.79 Å². The van der Waals surface area contributed by atoms with Crippen LogP contribution in [0.4, 0.5) is 0 Å². The molecule has 4 N–H and O–H groups in total. The number of esters is 1. The molecule has 0 unspecified atom stereocenters. The van der Waals surface area contributed by atoms with Crippen LogP contribution in [0.1, 0.15) is 25.8 Å². The summed E-state index contributed by atoms with van der Waals surface area (Å²) in [4.78, 5) is 22.4. The van der Waals surface area contributed by atoms with Crippen molar-refractivity contribution in [3.05, 3.63) is 35.9 Å². The molecule has 1 aliphatic rings. The molecule has 1 aliphatic heterocycles. The molecule has 1 fully saturated rings. The number of carbonyl (C=O) groups excluding carboxylic acids is 1. The van der Waals surface area contributed by atoms with Gasteiger partial charge in [0.05, 0.1) is 5.92 Å². The standard InChI is InChI=1S/C20H26O9/c1-3-11(2)19(26)27-10-14-16(23)17(24)18(25)20(29-14)28-13-7-4-12(5-8-13)6-9-15(21)22/h4-9,11,14,16-18,20,23-25H,3,10H2,1-2H3,(H,21,22)/b9-6+/t11-,14+,16+,17-,18+,20+/m0/s1. The Bertz CT molecular complexity index is 715. The molecule has 0 amide bonds. The summed E-state index contributed by atoms with van der Waals surface area (Å²) in [6.45, 7) is 3.25. The minimum atomic E-state index is -1.56. The Balaban J connectivity index is 2.01. The van der Waals surface area contributed by atoms with E-state index in [1.807, 2.05) is 6.92 Å². The number of rotatable bonds is 8. The summed E-state index contributed by atoms with van der Waals surface area (Å²) in [5.41, 5.74) is 0.621. The molecule has 0 aromatic heterocycles. The van der Waals surface area contributed by atoms with E-state index in [0.29, 0.717) is 17.7 Å². The number of aliphatic hydroxyl groups is 3. The predicted octanol–water partition coefficient (Wildman–Crippen LogP) is 0.560. The number of carbonyl (C=O) groups is 2. The van der Waals surface area contributed by atoms with E-state index in [9.17, 15) is 24.9 Å². The van der Waals surface area contributed by atoms with Crippen LogP contribution in [0.25, 0.3) is 6.08 Å². The number of carboxylic acid groups (broad SMARTS) is 1. The molecular formula is C20H26O9. The van der Waals surface area contributed by atoms with E-state index in [1.54, 1.807) is 19.1 Å². The number of aliphatic hydroxyl groups excluding tert-OH is 3. The first kappa shape index (κ1) is 22.8. The molecule has 29 heavy (non-hydrogen) atoms. The second-order valence-electron chi connectivity index (χ2n) is 6.81. The highest BCUT2D eigenvalue weighted by Gasteiger charge is 2.45. The molecule has 1 aromatic carbocycles. The second-order valence-corrected chi connectivity index (χ2v) is 6.81. The molecule has 9 nitrogen and oxygen atoms in total. The van der Waals surface area contributed by atoms with E-state index < -0.39 is 42.6 Å². The fourth-order valence-corrected chi connectivity index (χ4v) is 2.58. The smallest absolute Gasteiger partial charge is 0.328 e. The third kappa shape index (κ3) is 6.26. The monoisotopic (exact) mass is 410 g/mol. The molecule has 0 radical (unpaired) electrons. The number of hydrogen-bond donors (Lipinski definition) is 4. The Labute approximate surface area is 168 Å². The molecule has 0 spiro atoms. The zero-order chi connectivity index (χ0) is 21.6. The average Bonchev–Trinajstić information content (AvgIpc) is 2.71. The van der Waals surface area contributed by atoms with Gasteiger partial charge in [0.15, 0.2) is 0 Å². The van der Waals surface area contributed by atoms with Gasteiger partial charge in [-0.15, -0.1) is 0 Å². The first-order chi connectivity index (χ1) is 13.7. The fraction of sp³-hybridized carbons (Fsp3) is 0.500. The summed E-state index contributed by atoms with van der Waals surface area (Å²) in [6, 6.07) is 6.27. The van der Waals surface area contributed by atoms with E-state index in [4.69, 9.17) is 19.3 Å². The summed E-state index contributed by atoms with van der Waals surface area (Å²) in [7, 11) is 0. The van der Waals surface area contributed by atoms with Gasteiger partial charge in [-0.1, -0.05) is 26.0 Å². The normalized spacial score (nSPS) is 28.1. The lowest BCUT2D eigenvalue weighted by molar-refractivity contribution is -0.278. The highest BCUT2D eigenvalue weighted by molar-refractivity contribution is 5.85. The third-order valence-electron chi connectivity index (χ3n) is 4.62. The van der Waals surface area contributed by atoms with Gasteiger partial charge in [0, 0.05) is 6.08 Å². The van der Waals surface area contributed by atoms with Crippen LogP contribution in [0.3, 0.4) is 0 Å². The van der Waals surface area contributed by atoms with Crippen LogP contribution in [0.5, 0.6) is 5.75 Å². The van der Waals surface area contributed by atoms with Crippen molar-refractivity contribution in [2.24, 2.45) is 5.92 Å². The number of ether oxygens (including phenoxy) is 3. The molecular weight excluding hydrogens is 384 g/mol. The Kier molecular flexibility index (Phi) is 8.15. The van der Waals surface area contributed by atoms with Gasteiger partial charge in [0.25, 0.3) is 0 Å². The molecule has 160 valence electrons. The van der Waals surface area contributed by atoms with Crippen molar-refractivity contribution in [3.8, 4) is 5.75 Å². The van der Waals surface area contributed by atoms with Crippen LogP contribution in [-0.4, -0.2) is 69.7 Å². The van der Waals surface area contributed by atoms with Crippen molar-refractivity contribution in [1.29, 1.82) is 0 Å². The molecule has 1 aromatic rings. The Morgan fingerprint density at radius 3 is 2.38 bits per heavy atom. The van der Waals surface area contributed by atoms with Gasteiger partial charge in [0.1, 0.15) is 36.8 Å². The summed E-state index contributed by atoms with van der Waals surface area (Å²) in [6.07, 6.45) is -3.94. The van der Waals surface area contributed by atoms with Crippen LogP contribution in [0.2, 0.25) is 0 Å². The van der Waals surface area contributed by atoms with Crippen LogP contribution in [0.15, 0.2) is 30.3 Å². The number of benzene rings is 1. The van der Waals surface area contributed by atoms with E-state index >= 15 is 0 Å². The first-order valence-corrected chi connectivity index (χ1v) is 9.27. The van der Waals surface area contributed by atoms with Crippen LogP contribution in [0, 0.1) is 5.92 Å². The lowest BCUT2D eigenvalue weighted by Gasteiger charge is -2.40. The minimum absolute atomic E-state index is 0.292. The maximum Gasteiger partial charge on any atom is 0.328 e. The second kappa shape index (κ2) is 10.4. The molecule has 1 heterocycles. The summed E-state index contributed by atoms with van der Waals surface area (Å²) in [5.74, 6) is -1.55. The van der Waals surface area contributed by atoms with Crippen LogP contribution in [-0.2, 0) is 19.1 Å². The van der Waals surface area contributed by atoms with Gasteiger partial charge in [0.2, 0.25) is 6.29 Å². The molecule has 0 aliphatic carbocycles. The molecule has 1 saturated heterocycles. The average molecular weight is 410 g/mol.